The van der Waals surface area contributed by atoms with Crippen LogP contribution in [0.15, 0.2) is 24.5 Å². The van der Waals surface area contributed by atoms with Crippen LogP contribution in [-0.4, -0.2) is 67.9 Å². The van der Waals surface area contributed by atoms with Crippen molar-refractivity contribution in [3.8, 4) is 5.69 Å². The molecular weight excluding hydrogens is 483 g/mol. The first-order valence-electron chi connectivity index (χ1n) is 10.1. The van der Waals surface area contributed by atoms with Crippen LogP contribution in [-0.2, 0) is 20.9 Å². The molecule has 2 heterocycles. The van der Waals surface area contributed by atoms with Crippen LogP contribution in [0.5, 0.6) is 0 Å². The van der Waals surface area contributed by atoms with Crippen LogP contribution >= 0.6 is 11.6 Å². The Balaban J connectivity index is 0.000000509. The fourth-order valence-electron chi connectivity index (χ4n) is 2.98. The number of alkyl halides is 3. The molecule has 1 saturated heterocycles. The fourth-order valence-corrected chi connectivity index (χ4v) is 3.18. The summed E-state index contributed by atoms with van der Waals surface area (Å²) in [4.78, 5) is 33.5. The average Bonchev–Trinajstić information content (AvgIpc) is 3.32. The lowest BCUT2D eigenvalue weighted by Gasteiger charge is -2.24. The monoisotopic (exact) mass is 505 g/mol. The summed E-state index contributed by atoms with van der Waals surface area (Å²) in [7, 11) is 0. The largest absolute Gasteiger partial charge is 0.490 e. The minimum atomic E-state index is -5.08. The molecular formula is C19H23ClF3N7O4. The molecule has 1 aromatic heterocycles. The van der Waals surface area contributed by atoms with Gasteiger partial charge in [0.25, 0.3) is 0 Å². The molecule has 186 valence electrons. The third-order valence-corrected chi connectivity index (χ3v) is 4.95. The van der Waals surface area contributed by atoms with Crippen LogP contribution < -0.4 is 16.0 Å². The third-order valence-electron chi connectivity index (χ3n) is 4.71. The zero-order valence-electron chi connectivity index (χ0n) is 18.0. The summed E-state index contributed by atoms with van der Waals surface area (Å²) in [6.07, 6.45) is -0.740. The van der Waals surface area contributed by atoms with Crippen molar-refractivity contribution in [1.82, 2.24) is 36.2 Å². The van der Waals surface area contributed by atoms with Crippen molar-refractivity contribution in [3.05, 3.63) is 35.1 Å². The van der Waals surface area contributed by atoms with E-state index in [9.17, 15) is 22.8 Å². The molecule has 2 aromatic rings. The smallest absolute Gasteiger partial charge is 0.475 e. The molecule has 1 unspecified atom stereocenters. The fraction of sp³-hybridized carbons (Fsp3) is 0.474. The topological polar surface area (TPSA) is 151 Å². The molecule has 2 atom stereocenters. The van der Waals surface area contributed by atoms with Crippen molar-refractivity contribution in [2.24, 2.45) is 0 Å². The van der Waals surface area contributed by atoms with Gasteiger partial charge < -0.3 is 21.1 Å². The Bertz CT molecular complexity index is 983. The van der Waals surface area contributed by atoms with Crippen LogP contribution in [0.1, 0.15) is 31.7 Å². The normalized spacial score (nSPS) is 16.6. The molecule has 0 bridgehead atoms. The summed E-state index contributed by atoms with van der Waals surface area (Å²) in [5.41, 5.74) is 1.48. The lowest BCUT2D eigenvalue weighted by molar-refractivity contribution is -0.192. The standard InChI is InChI=1S/C17H22ClN7O2.C2HF3O2/c1-11(22-17(27)14-4-2-3-7-19-14)16(26)20-9-12-8-13(18)5-6-15(12)25-10-21-23-24-25;3-2(4,5)1(6)7/h5-6,8,10-11,14,19H,2-4,7,9H2,1H3,(H,20,26)(H,22,27);(H,6,7)/t11-,14?;/m0./s1. The molecule has 0 saturated carbocycles. The van der Waals surface area contributed by atoms with Crippen molar-refractivity contribution < 1.29 is 32.7 Å². The SMILES string of the molecule is C[C@H](NC(=O)C1CCCCN1)C(=O)NCc1cc(Cl)ccc1-n1cnnn1.O=C(O)C(F)(F)F. The zero-order valence-corrected chi connectivity index (χ0v) is 18.7. The van der Waals surface area contributed by atoms with E-state index in [1.807, 2.05) is 0 Å². The maximum Gasteiger partial charge on any atom is 0.490 e. The molecule has 2 amide bonds. The number of halogens is 4. The zero-order chi connectivity index (χ0) is 25.3. The summed E-state index contributed by atoms with van der Waals surface area (Å²) >= 11 is 6.07. The molecule has 1 aliphatic rings. The number of amides is 2. The van der Waals surface area contributed by atoms with Gasteiger partial charge in [0.15, 0.2) is 0 Å². The summed E-state index contributed by atoms with van der Waals surface area (Å²) in [6.45, 7) is 2.72. The molecule has 15 heteroatoms. The van der Waals surface area contributed by atoms with E-state index in [0.29, 0.717) is 10.7 Å². The second-order valence-corrected chi connectivity index (χ2v) is 7.72. The van der Waals surface area contributed by atoms with E-state index in [-0.39, 0.29) is 24.4 Å². The molecule has 0 radical (unpaired) electrons. The van der Waals surface area contributed by atoms with E-state index in [2.05, 4.69) is 31.5 Å². The predicted molar refractivity (Wildman–Crippen MR) is 113 cm³/mol. The van der Waals surface area contributed by atoms with Crippen molar-refractivity contribution in [3.63, 3.8) is 0 Å². The first-order valence-corrected chi connectivity index (χ1v) is 10.5. The molecule has 3 rings (SSSR count). The van der Waals surface area contributed by atoms with Crippen molar-refractivity contribution in [2.45, 2.75) is 51.0 Å². The number of aromatic nitrogens is 4. The number of rotatable bonds is 6. The maximum absolute atomic E-state index is 12.4. The van der Waals surface area contributed by atoms with E-state index in [0.717, 1.165) is 31.4 Å². The van der Waals surface area contributed by atoms with Crippen LogP contribution in [0.25, 0.3) is 5.69 Å². The van der Waals surface area contributed by atoms with Crippen LogP contribution in [0, 0.1) is 0 Å². The minimum Gasteiger partial charge on any atom is -0.475 e. The van der Waals surface area contributed by atoms with Gasteiger partial charge >= 0.3 is 12.1 Å². The molecule has 11 nitrogen and oxygen atoms in total. The Hall–Kier alpha value is -3.26. The van der Waals surface area contributed by atoms with E-state index >= 15 is 0 Å². The number of aliphatic carboxylic acids is 1. The highest BCUT2D eigenvalue weighted by Crippen LogP contribution is 2.19. The van der Waals surface area contributed by atoms with Crippen LogP contribution in [0.4, 0.5) is 13.2 Å². The first kappa shape index (κ1) is 27.0. The van der Waals surface area contributed by atoms with E-state index in [1.165, 1.54) is 11.0 Å². The Kier molecular flexibility index (Phi) is 9.74. The lowest BCUT2D eigenvalue weighted by Crippen LogP contribution is -2.52. The number of hydrogen-bond donors (Lipinski definition) is 4. The van der Waals surface area contributed by atoms with Crippen molar-refractivity contribution in [2.75, 3.05) is 6.54 Å². The second kappa shape index (κ2) is 12.3. The molecule has 34 heavy (non-hydrogen) atoms. The van der Waals surface area contributed by atoms with Gasteiger partial charge in [0.2, 0.25) is 11.8 Å². The van der Waals surface area contributed by atoms with E-state index < -0.39 is 18.2 Å². The Morgan fingerprint density at radius 1 is 1.32 bits per heavy atom. The van der Waals surface area contributed by atoms with Gasteiger partial charge in [-0.15, -0.1) is 5.10 Å². The highest BCUT2D eigenvalue weighted by Gasteiger charge is 2.38. The Labute approximate surface area is 197 Å². The number of tetrazole rings is 1. The van der Waals surface area contributed by atoms with Crippen molar-refractivity contribution >= 4 is 29.4 Å². The second-order valence-electron chi connectivity index (χ2n) is 7.28. The number of carboxylic acids is 1. The predicted octanol–water partition coefficient (Wildman–Crippen LogP) is 1.21. The number of hydrogen-bond acceptors (Lipinski definition) is 7. The summed E-state index contributed by atoms with van der Waals surface area (Å²) in [5.74, 6) is -3.18. The van der Waals surface area contributed by atoms with Crippen LogP contribution in [0.2, 0.25) is 5.02 Å². The maximum atomic E-state index is 12.4. The van der Waals surface area contributed by atoms with Gasteiger partial charge in [-0.25, -0.2) is 9.48 Å². The quantitative estimate of drug-likeness (QED) is 0.457. The molecule has 1 fully saturated rings. The first-order chi connectivity index (χ1) is 16.0. The number of nitrogens with one attached hydrogen (secondary N) is 3. The summed E-state index contributed by atoms with van der Waals surface area (Å²) in [6, 6.07) is 4.38. The number of nitrogens with zero attached hydrogens (tertiary/aromatic N) is 4. The minimum absolute atomic E-state index is 0.144. The third kappa shape index (κ3) is 8.26. The summed E-state index contributed by atoms with van der Waals surface area (Å²) < 4.78 is 33.2. The number of carbonyl (C=O) groups excluding carboxylic acids is 2. The molecule has 0 aliphatic carbocycles. The van der Waals surface area contributed by atoms with Crippen LogP contribution in [0.3, 0.4) is 0 Å². The number of benzene rings is 1. The highest BCUT2D eigenvalue weighted by molar-refractivity contribution is 6.30. The molecule has 1 aliphatic heterocycles. The van der Waals surface area contributed by atoms with Gasteiger partial charge in [-0.2, -0.15) is 13.2 Å². The Morgan fingerprint density at radius 2 is 2.03 bits per heavy atom. The number of carbonyl (C=O) groups is 3. The van der Waals surface area contributed by atoms with Gasteiger partial charge in [0.1, 0.15) is 12.4 Å². The summed E-state index contributed by atoms with van der Waals surface area (Å²) in [5, 5.41) is 27.5. The molecule has 1 aromatic carbocycles. The number of carboxylic acid groups (broad SMARTS) is 1. The highest BCUT2D eigenvalue weighted by atomic mass is 35.5. The van der Waals surface area contributed by atoms with Gasteiger partial charge in [-0.3, -0.25) is 9.59 Å². The van der Waals surface area contributed by atoms with Crippen molar-refractivity contribution in [1.29, 1.82) is 0 Å². The van der Waals surface area contributed by atoms with E-state index in [1.54, 1.807) is 25.1 Å². The molecule has 4 N–H and O–H groups in total. The van der Waals surface area contributed by atoms with Gasteiger partial charge in [-0.05, 0) is 60.5 Å². The average molecular weight is 506 g/mol. The van der Waals surface area contributed by atoms with E-state index in [4.69, 9.17) is 21.5 Å². The number of piperidine rings is 1. The van der Waals surface area contributed by atoms with Gasteiger partial charge in [-0.1, -0.05) is 18.0 Å². The van der Waals surface area contributed by atoms with Gasteiger partial charge in [0, 0.05) is 11.6 Å². The molecule has 0 spiro atoms. The lowest BCUT2D eigenvalue weighted by atomic mass is 10.0. The van der Waals surface area contributed by atoms with Gasteiger partial charge in [0.05, 0.1) is 11.7 Å². The Morgan fingerprint density at radius 3 is 2.59 bits per heavy atom.